The van der Waals surface area contributed by atoms with Crippen molar-refractivity contribution in [2.75, 3.05) is 27.4 Å². The number of nitrogens with zero attached hydrogens (tertiary/aromatic N) is 1. The molecule has 0 radical (unpaired) electrons. The van der Waals surface area contributed by atoms with Crippen LogP contribution in [-0.4, -0.2) is 55.4 Å². The molecule has 0 atom stereocenters. The lowest BCUT2D eigenvalue weighted by Gasteiger charge is -2.12. The lowest BCUT2D eigenvalue weighted by molar-refractivity contribution is -0.143. The largest absolute Gasteiger partial charge is 0.490 e. The van der Waals surface area contributed by atoms with Crippen molar-refractivity contribution < 1.29 is 42.5 Å². The lowest BCUT2D eigenvalue weighted by atomic mass is 10.2. The summed E-state index contributed by atoms with van der Waals surface area (Å²) in [6, 6.07) is 7.81. The molecule has 0 spiro atoms. The number of furan rings is 1. The summed E-state index contributed by atoms with van der Waals surface area (Å²) in [6.45, 7) is 1.75. The average Bonchev–Trinajstić information content (AvgIpc) is 3.38. The van der Waals surface area contributed by atoms with Crippen molar-refractivity contribution in [3.8, 4) is 11.5 Å². The van der Waals surface area contributed by atoms with E-state index in [1.54, 1.807) is 31.2 Å². The van der Waals surface area contributed by atoms with Crippen LogP contribution in [0.15, 0.2) is 39.7 Å². The van der Waals surface area contributed by atoms with E-state index in [0.717, 1.165) is 16.7 Å². The second-order valence-corrected chi connectivity index (χ2v) is 7.52. The number of carbonyl (C=O) groups excluding carboxylic acids is 4. The molecule has 0 saturated carbocycles. The van der Waals surface area contributed by atoms with Gasteiger partial charge in [-0.1, -0.05) is 6.07 Å². The Morgan fingerprint density at radius 1 is 1.06 bits per heavy atom. The quantitative estimate of drug-likeness (QED) is 0.394. The summed E-state index contributed by atoms with van der Waals surface area (Å²) in [5.41, 5.74) is 0.598. The van der Waals surface area contributed by atoms with E-state index in [9.17, 15) is 19.2 Å². The third kappa shape index (κ3) is 5.75. The molecule has 2 amide bonds. The molecule has 33 heavy (non-hydrogen) atoms. The number of esters is 2. The summed E-state index contributed by atoms with van der Waals surface area (Å²) in [7, 11) is 2.48. The number of ether oxygens (including phenoxy) is 4. The van der Waals surface area contributed by atoms with E-state index < -0.39 is 23.1 Å². The molecular weight excluding hydrogens is 454 g/mol. The second-order valence-electron chi connectivity index (χ2n) is 6.53. The molecule has 1 aromatic carbocycles. The van der Waals surface area contributed by atoms with Gasteiger partial charge in [-0.15, -0.1) is 0 Å². The highest BCUT2D eigenvalue weighted by Gasteiger charge is 2.35. The molecule has 3 rings (SSSR count). The zero-order chi connectivity index (χ0) is 24.0. The molecule has 1 aliphatic rings. The molecule has 1 aliphatic heterocycles. The predicted molar refractivity (Wildman–Crippen MR) is 117 cm³/mol. The van der Waals surface area contributed by atoms with Gasteiger partial charge in [-0.05, 0) is 54.6 Å². The molecule has 0 N–H and O–H groups in total. The molecule has 1 saturated heterocycles. The topological polar surface area (TPSA) is 122 Å². The van der Waals surface area contributed by atoms with Gasteiger partial charge < -0.3 is 23.4 Å². The van der Waals surface area contributed by atoms with Gasteiger partial charge in [0.2, 0.25) is 5.76 Å². The minimum Gasteiger partial charge on any atom is -0.490 e. The summed E-state index contributed by atoms with van der Waals surface area (Å²) in [5.74, 6) is -0.723. The molecule has 0 unspecified atom stereocenters. The molecule has 1 aromatic heterocycles. The Hall–Kier alpha value is -3.73. The standard InChI is InChI=1S/C22H21NO9S/c1-4-30-17-9-13(5-7-15(17)31-12-19(24)28-2)10-18-20(25)23(22(27)33-18)11-14-6-8-16(32-14)21(26)29-3/h5-10H,4,11-12H2,1-3H3. The summed E-state index contributed by atoms with van der Waals surface area (Å²) < 4.78 is 25.5. The minimum absolute atomic E-state index is 0.0204. The van der Waals surface area contributed by atoms with Gasteiger partial charge in [-0.25, -0.2) is 9.59 Å². The fourth-order valence-corrected chi connectivity index (χ4v) is 3.65. The van der Waals surface area contributed by atoms with Crippen molar-refractivity contribution in [1.82, 2.24) is 4.90 Å². The van der Waals surface area contributed by atoms with E-state index in [2.05, 4.69) is 9.47 Å². The van der Waals surface area contributed by atoms with E-state index in [-0.39, 0.29) is 29.6 Å². The zero-order valence-corrected chi connectivity index (χ0v) is 18.9. The normalized spacial score (nSPS) is 14.5. The van der Waals surface area contributed by atoms with Gasteiger partial charge in [0.15, 0.2) is 18.1 Å². The molecule has 1 fully saturated rings. The first-order valence-corrected chi connectivity index (χ1v) is 10.6. The Labute approximate surface area is 193 Å². The van der Waals surface area contributed by atoms with E-state index in [1.165, 1.54) is 26.4 Å². The van der Waals surface area contributed by atoms with Gasteiger partial charge in [0.1, 0.15) is 5.76 Å². The number of hydrogen-bond acceptors (Lipinski definition) is 10. The summed E-state index contributed by atoms with van der Waals surface area (Å²) in [6.07, 6.45) is 1.56. The molecule has 2 aromatic rings. The monoisotopic (exact) mass is 475 g/mol. The molecule has 2 heterocycles. The van der Waals surface area contributed by atoms with Crippen LogP contribution in [0.4, 0.5) is 4.79 Å². The fraction of sp³-hybridized carbons (Fsp3) is 0.273. The van der Waals surface area contributed by atoms with Gasteiger partial charge in [0, 0.05) is 0 Å². The molecule has 174 valence electrons. The van der Waals surface area contributed by atoms with Crippen LogP contribution in [0.3, 0.4) is 0 Å². The van der Waals surface area contributed by atoms with Crippen LogP contribution >= 0.6 is 11.8 Å². The van der Waals surface area contributed by atoms with Crippen molar-refractivity contribution in [3.63, 3.8) is 0 Å². The van der Waals surface area contributed by atoms with Crippen molar-refractivity contribution in [3.05, 3.63) is 52.3 Å². The van der Waals surface area contributed by atoms with E-state index in [0.29, 0.717) is 23.7 Å². The van der Waals surface area contributed by atoms with Crippen molar-refractivity contribution >= 4 is 40.9 Å². The predicted octanol–water partition coefficient (Wildman–Crippen LogP) is 3.25. The summed E-state index contributed by atoms with van der Waals surface area (Å²) in [4.78, 5) is 49.3. The molecule has 0 bridgehead atoms. The maximum atomic E-state index is 12.8. The zero-order valence-electron chi connectivity index (χ0n) is 18.1. The van der Waals surface area contributed by atoms with E-state index in [1.807, 2.05) is 0 Å². The number of rotatable bonds is 9. The number of carbonyl (C=O) groups is 4. The van der Waals surface area contributed by atoms with Crippen molar-refractivity contribution in [2.24, 2.45) is 0 Å². The maximum Gasteiger partial charge on any atom is 0.373 e. The Morgan fingerprint density at radius 2 is 1.85 bits per heavy atom. The van der Waals surface area contributed by atoms with Gasteiger partial charge in [-0.3, -0.25) is 14.5 Å². The third-order valence-electron chi connectivity index (χ3n) is 4.37. The number of hydrogen-bond donors (Lipinski definition) is 0. The van der Waals surface area contributed by atoms with E-state index >= 15 is 0 Å². The van der Waals surface area contributed by atoms with Gasteiger partial charge >= 0.3 is 11.9 Å². The Balaban J connectivity index is 1.76. The van der Waals surface area contributed by atoms with Gasteiger partial charge in [0.25, 0.3) is 11.1 Å². The third-order valence-corrected chi connectivity index (χ3v) is 5.28. The maximum absolute atomic E-state index is 12.8. The van der Waals surface area contributed by atoms with Crippen LogP contribution < -0.4 is 9.47 Å². The van der Waals surface area contributed by atoms with Gasteiger partial charge in [-0.2, -0.15) is 0 Å². The number of imide groups is 1. The van der Waals surface area contributed by atoms with Crippen LogP contribution in [0.25, 0.3) is 6.08 Å². The van der Waals surface area contributed by atoms with Crippen LogP contribution in [-0.2, 0) is 25.6 Å². The SMILES string of the molecule is CCOc1cc(C=C2SC(=O)N(Cc3ccc(C(=O)OC)o3)C2=O)ccc1OCC(=O)OC. The van der Waals surface area contributed by atoms with Crippen molar-refractivity contribution in [2.45, 2.75) is 13.5 Å². The van der Waals surface area contributed by atoms with Gasteiger partial charge in [0.05, 0.1) is 32.3 Å². The lowest BCUT2D eigenvalue weighted by Crippen LogP contribution is -2.27. The molecule has 0 aliphatic carbocycles. The Morgan fingerprint density at radius 3 is 2.55 bits per heavy atom. The Kier molecular flexibility index (Phi) is 7.78. The number of amides is 2. The summed E-state index contributed by atoms with van der Waals surface area (Å²) in [5, 5.41) is -0.467. The van der Waals surface area contributed by atoms with Crippen molar-refractivity contribution in [1.29, 1.82) is 0 Å². The van der Waals surface area contributed by atoms with Crippen LogP contribution in [0.5, 0.6) is 11.5 Å². The van der Waals surface area contributed by atoms with Crippen LogP contribution in [0, 0.1) is 0 Å². The highest BCUT2D eigenvalue weighted by molar-refractivity contribution is 8.18. The first kappa shape index (κ1) is 23.9. The fourth-order valence-electron chi connectivity index (χ4n) is 2.81. The minimum atomic E-state index is -0.653. The Bertz CT molecular complexity index is 1110. The first-order chi connectivity index (χ1) is 15.9. The van der Waals surface area contributed by atoms with E-state index in [4.69, 9.17) is 13.9 Å². The number of methoxy groups -OCH3 is 2. The highest BCUT2D eigenvalue weighted by atomic mass is 32.2. The molecule has 10 nitrogen and oxygen atoms in total. The molecular formula is C22H21NO9S. The highest BCUT2D eigenvalue weighted by Crippen LogP contribution is 2.35. The number of thioether (sulfide) groups is 1. The van der Waals surface area contributed by atoms with Crippen LogP contribution in [0.1, 0.15) is 28.8 Å². The summed E-state index contributed by atoms with van der Waals surface area (Å²) >= 11 is 0.786. The molecule has 11 heteroatoms. The van der Waals surface area contributed by atoms with Crippen LogP contribution in [0.2, 0.25) is 0 Å². The second kappa shape index (κ2) is 10.7. The smallest absolute Gasteiger partial charge is 0.373 e. The first-order valence-electron chi connectivity index (χ1n) is 9.75. The average molecular weight is 475 g/mol. The number of benzene rings is 1.